The number of rotatable bonds is 5. The number of hydrogen-bond donors (Lipinski definition) is 4. The maximum atomic E-state index is 14.7. The van der Waals surface area contributed by atoms with Crippen molar-refractivity contribution in [3.8, 4) is 0 Å². The van der Waals surface area contributed by atoms with Gasteiger partial charge >= 0.3 is 5.97 Å². The molecular weight excluding hydrogens is 577 g/mol. The average Bonchev–Trinajstić information content (AvgIpc) is 3.42. The predicted molar refractivity (Wildman–Crippen MR) is 162 cm³/mol. The Morgan fingerprint density at radius 3 is 2.57 bits per heavy atom. The fourth-order valence-electron chi connectivity index (χ4n) is 8.03. The first-order valence-electron chi connectivity index (χ1n) is 14.8. The Morgan fingerprint density at radius 1 is 1.12 bits per heavy atom. The Labute approximate surface area is 256 Å². The lowest BCUT2D eigenvalue weighted by molar-refractivity contribution is -0.124. The molecule has 1 amide bonds. The number of aliphatic hydroxyl groups excluding tert-OH is 1. The molecule has 3 heterocycles. The molecule has 4 N–H and O–H groups in total. The largest absolute Gasteiger partial charge is 0.465 e. The van der Waals surface area contributed by atoms with E-state index in [1.165, 1.54) is 7.11 Å². The van der Waals surface area contributed by atoms with Crippen LogP contribution in [0.15, 0.2) is 36.4 Å². The number of carbonyl (C=O) groups excluding carboxylic acids is 2. The van der Waals surface area contributed by atoms with Gasteiger partial charge in [-0.3, -0.25) is 10.1 Å². The first-order chi connectivity index (χ1) is 20.0. The first-order valence-corrected chi connectivity index (χ1v) is 15.6. The molecule has 2 unspecified atom stereocenters. The minimum Gasteiger partial charge on any atom is -0.465 e. The summed E-state index contributed by atoms with van der Waals surface area (Å²) < 4.78 is 10.7. The van der Waals surface area contributed by atoms with E-state index in [1.807, 2.05) is 12.1 Å². The number of anilines is 1. The summed E-state index contributed by atoms with van der Waals surface area (Å²) >= 11 is 13.1. The number of halogens is 2. The van der Waals surface area contributed by atoms with E-state index in [4.69, 9.17) is 32.7 Å². The number of carbonyl (C=O) groups is 2. The molecule has 10 heteroatoms. The van der Waals surface area contributed by atoms with Crippen LogP contribution in [0.3, 0.4) is 0 Å². The molecule has 3 fully saturated rings. The summed E-state index contributed by atoms with van der Waals surface area (Å²) in [5.41, 5.74) is 0.799. The van der Waals surface area contributed by atoms with Gasteiger partial charge in [0.15, 0.2) is 0 Å². The average molecular weight is 617 g/mol. The number of ether oxygens (including phenoxy) is 2. The van der Waals surface area contributed by atoms with E-state index in [0.29, 0.717) is 34.5 Å². The van der Waals surface area contributed by atoms with E-state index in [9.17, 15) is 14.7 Å². The van der Waals surface area contributed by atoms with Gasteiger partial charge in [0.2, 0.25) is 5.91 Å². The van der Waals surface area contributed by atoms with Crippen LogP contribution >= 0.6 is 23.2 Å². The monoisotopic (exact) mass is 615 g/mol. The molecule has 2 aromatic carbocycles. The SMILES string of the molecule is COC(=O)c1cc(Cl)cc([C@H]2[C@H](C(O)NC3CCCOC3)NC3(CCC(C)(C)CC3)[C@@]23C(=O)Nc2cc(Cl)ccc23)c1. The molecule has 0 bridgehead atoms. The van der Waals surface area contributed by atoms with Gasteiger partial charge in [-0.25, -0.2) is 4.79 Å². The number of benzene rings is 2. The van der Waals surface area contributed by atoms with Crippen molar-refractivity contribution in [1.29, 1.82) is 0 Å². The third-order valence-electron chi connectivity index (χ3n) is 10.1. The first kappa shape index (κ1) is 29.9. The van der Waals surface area contributed by atoms with Gasteiger partial charge in [-0.05, 0) is 85.4 Å². The molecule has 2 saturated heterocycles. The number of esters is 1. The zero-order valence-corrected chi connectivity index (χ0v) is 25.8. The summed E-state index contributed by atoms with van der Waals surface area (Å²) in [4.78, 5) is 27.4. The maximum Gasteiger partial charge on any atom is 0.337 e. The lowest BCUT2D eigenvalue weighted by atomic mass is 9.53. The molecular formula is C32H39Cl2N3O5. The second-order valence-electron chi connectivity index (χ2n) is 13.1. The van der Waals surface area contributed by atoms with Crippen LogP contribution in [0.25, 0.3) is 0 Å². The predicted octanol–water partition coefficient (Wildman–Crippen LogP) is 5.15. The fraction of sp³-hybridized carbons (Fsp3) is 0.562. The van der Waals surface area contributed by atoms with Crippen LogP contribution < -0.4 is 16.0 Å². The van der Waals surface area contributed by atoms with Crippen molar-refractivity contribution in [3.05, 3.63) is 63.1 Å². The fourth-order valence-corrected chi connectivity index (χ4v) is 8.45. The molecule has 8 nitrogen and oxygen atoms in total. The lowest BCUT2D eigenvalue weighted by Crippen LogP contribution is -2.61. The summed E-state index contributed by atoms with van der Waals surface area (Å²) in [6, 6.07) is 10.1. The number of amides is 1. The van der Waals surface area contributed by atoms with Gasteiger partial charge in [0.05, 0.1) is 25.3 Å². The summed E-state index contributed by atoms with van der Waals surface area (Å²) in [5, 5.41) is 23.3. The van der Waals surface area contributed by atoms with Crippen molar-refractivity contribution >= 4 is 40.8 Å². The van der Waals surface area contributed by atoms with E-state index in [0.717, 1.165) is 44.1 Å². The number of nitrogens with one attached hydrogen (secondary N) is 3. The molecule has 4 aliphatic rings. The Bertz CT molecular complexity index is 1380. The van der Waals surface area contributed by atoms with Crippen molar-refractivity contribution in [3.63, 3.8) is 0 Å². The van der Waals surface area contributed by atoms with Crippen LogP contribution in [-0.4, -0.2) is 61.2 Å². The highest BCUT2D eigenvalue weighted by Crippen LogP contribution is 2.64. The Balaban J connectivity index is 1.57. The number of aliphatic hydroxyl groups is 1. The van der Waals surface area contributed by atoms with Gasteiger partial charge in [-0.1, -0.05) is 43.1 Å². The Hall–Kier alpha value is -2.20. The van der Waals surface area contributed by atoms with Gasteiger partial charge in [-0.2, -0.15) is 0 Å². The van der Waals surface area contributed by atoms with Crippen molar-refractivity contribution in [2.45, 2.75) is 87.6 Å². The van der Waals surface area contributed by atoms with Crippen LogP contribution in [0.1, 0.15) is 79.8 Å². The van der Waals surface area contributed by atoms with Gasteiger partial charge in [0.1, 0.15) is 11.6 Å². The third-order valence-corrected chi connectivity index (χ3v) is 10.6. The molecule has 42 heavy (non-hydrogen) atoms. The lowest BCUT2D eigenvalue weighted by Gasteiger charge is -2.50. The van der Waals surface area contributed by atoms with Gasteiger partial charge in [0, 0.05) is 39.8 Å². The molecule has 1 saturated carbocycles. The van der Waals surface area contributed by atoms with Crippen molar-refractivity contribution < 1.29 is 24.2 Å². The summed E-state index contributed by atoms with van der Waals surface area (Å²) in [7, 11) is 1.33. The molecule has 0 aromatic heterocycles. The maximum absolute atomic E-state index is 14.7. The topological polar surface area (TPSA) is 109 Å². The molecule has 2 aromatic rings. The summed E-state index contributed by atoms with van der Waals surface area (Å²) in [6.07, 6.45) is 4.03. The molecule has 6 rings (SSSR count). The molecule has 1 aliphatic carbocycles. The van der Waals surface area contributed by atoms with E-state index in [2.05, 4.69) is 29.8 Å². The zero-order chi connectivity index (χ0) is 29.9. The van der Waals surface area contributed by atoms with E-state index >= 15 is 0 Å². The molecule has 3 aliphatic heterocycles. The van der Waals surface area contributed by atoms with Crippen LogP contribution in [0.5, 0.6) is 0 Å². The quantitative estimate of drug-likeness (QED) is 0.272. The zero-order valence-electron chi connectivity index (χ0n) is 24.3. The third kappa shape index (κ3) is 4.84. The molecule has 0 radical (unpaired) electrons. The van der Waals surface area contributed by atoms with Gasteiger partial charge in [0.25, 0.3) is 0 Å². The van der Waals surface area contributed by atoms with Crippen molar-refractivity contribution in [2.24, 2.45) is 5.41 Å². The molecule has 5 atom stereocenters. The highest BCUT2D eigenvalue weighted by Gasteiger charge is 2.72. The number of hydrogen-bond acceptors (Lipinski definition) is 7. The van der Waals surface area contributed by atoms with E-state index in [1.54, 1.807) is 24.3 Å². The van der Waals surface area contributed by atoms with Gasteiger partial charge in [-0.15, -0.1) is 0 Å². The number of fused-ring (bicyclic) bond motifs is 3. The smallest absolute Gasteiger partial charge is 0.337 e. The van der Waals surface area contributed by atoms with Gasteiger partial charge < -0.3 is 25.2 Å². The normalized spacial score (nSPS) is 30.2. The Morgan fingerprint density at radius 2 is 1.88 bits per heavy atom. The molecule has 2 spiro atoms. The van der Waals surface area contributed by atoms with Crippen LogP contribution in [0.4, 0.5) is 5.69 Å². The minimum absolute atomic E-state index is 0.0255. The van der Waals surface area contributed by atoms with Crippen LogP contribution in [0.2, 0.25) is 10.0 Å². The standard InChI is InChI=1S/C32H39Cl2N3O5/c1-30(2)8-10-31(11-9-30)32(23-7-6-20(33)16-24(23)36-29(32)40)25(18-13-19(28(39)41-3)15-21(34)14-18)26(37-31)27(38)35-22-5-4-12-42-17-22/h6-7,13-16,22,25-27,35,37-38H,4-5,8-12,17H2,1-3H3,(H,36,40)/t22?,25-,26+,27?,32+/m0/s1. The summed E-state index contributed by atoms with van der Waals surface area (Å²) in [5.74, 6) is -1.26. The van der Waals surface area contributed by atoms with Crippen LogP contribution in [0, 0.1) is 5.41 Å². The summed E-state index contributed by atoms with van der Waals surface area (Å²) in [6.45, 7) is 5.74. The highest BCUT2D eigenvalue weighted by molar-refractivity contribution is 6.31. The second kappa shape index (κ2) is 11.1. The Kier molecular flexibility index (Phi) is 7.86. The highest BCUT2D eigenvalue weighted by atomic mass is 35.5. The number of methoxy groups -OCH3 is 1. The van der Waals surface area contributed by atoms with E-state index < -0.39 is 35.1 Å². The molecule has 226 valence electrons. The minimum atomic E-state index is -1.11. The van der Waals surface area contributed by atoms with Crippen LogP contribution in [-0.2, 0) is 19.7 Å². The van der Waals surface area contributed by atoms with Crippen molar-refractivity contribution in [2.75, 3.05) is 25.6 Å². The second-order valence-corrected chi connectivity index (χ2v) is 14.0. The van der Waals surface area contributed by atoms with E-state index in [-0.39, 0.29) is 22.9 Å². The van der Waals surface area contributed by atoms with Crippen molar-refractivity contribution in [1.82, 2.24) is 10.6 Å².